The zero-order chi connectivity index (χ0) is 15.5. The van der Waals surface area contributed by atoms with Crippen molar-refractivity contribution in [1.29, 1.82) is 0 Å². The summed E-state index contributed by atoms with van der Waals surface area (Å²) < 4.78 is 14.7. The van der Waals surface area contributed by atoms with Crippen LogP contribution in [0.2, 0.25) is 0 Å². The van der Waals surface area contributed by atoms with Crippen LogP contribution in [0.25, 0.3) is 11.3 Å². The largest absolute Gasteiger partial charge is 0.479 e. The minimum Gasteiger partial charge on any atom is -0.479 e. The molecule has 0 radical (unpaired) electrons. The molecule has 0 bridgehead atoms. The van der Waals surface area contributed by atoms with Gasteiger partial charge in [-0.2, -0.15) is 0 Å². The lowest BCUT2D eigenvalue weighted by Crippen LogP contribution is -2.06. The smallest absolute Gasteiger partial charge is 0.153 e. The van der Waals surface area contributed by atoms with Crippen molar-refractivity contribution in [1.82, 2.24) is 4.98 Å². The third-order valence-electron chi connectivity index (χ3n) is 3.47. The van der Waals surface area contributed by atoms with Crippen LogP contribution in [0.5, 0.6) is 17.2 Å². The number of para-hydroxylation sites is 2. The minimum absolute atomic E-state index is 0.605. The number of anilines is 1. The van der Waals surface area contributed by atoms with Gasteiger partial charge in [-0.15, -0.1) is 0 Å². The standard InChI is InChI=1S/C18H14N2O2S/c1-2-5-13(6-3-1)22-14-9-10-16(19-11-14)15-7-4-8-17-18(15)20-23-12-21-17/h1-11,20H,12H2. The molecule has 3 aromatic rings. The predicted octanol–water partition coefficient (Wildman–Crippen LogP) is 4.95. The topological polar surface area (TPSA) is 43.4 Å². The van der Waals surface area contributed by atoms with Gasteiger partial charge in [0.15, 0.2) is 5.94 Å². The van der Waals surface area contributed by atoms with E-state index in [0.717, 1.165) is 28.4 Å². The SMILES string of the molecule is c1ccc(Oc2ccc(-c3cccc4c3NSCO4)nc2)cc1. The van der Waals surface area contributed by atoms with Gasteiger partial charge in [0, 0.05) is 5.56 Å². The van der Waals surface area contributed by atoms with Gasteiger partial charge in [-0.25, -0.2) is 0 Å². The van der Waals surface area contributed by atoms with E-state index in [1.807, 2.05) is 60.7 Å². The summed E-state index contributed by atoms with van der Waals surface area (Å²) in [6, 6.07) is 19.5. The molecule has 0 saturated heterocycles. The second-order valence-electron chi connectivity index (χ2n) is 4.98. The van der Waals surface area contributed by atoms with Crippen LogP contribution in [0.15, 0.2) is 66.9 Å². The Morgan fingerprint density at radius 1 is 0.957 bits per heavy atom. The van der Waals surface area contributed by atoms with E-state index in [-0.39, 0.29) is 0 Å². The van der Waals surface area contributed by atoms with Gasteiger partial charge in [0.05, 0.1) is 17.6 Å². The van der Waals surface area contributed by atoms with Crippen molar-refractivity contribution in [2.45, 2.75) is 0 Å². The summed E-state index contributed by atoms with van der Waals surface area (Å²) in [6.07, 6.45) is 1.73. The number of aromatic nitrogens is 1. The fraction of sp³-hybridized carbons (Fsp3) is 0.0556. The monoisotopic (exact) mass is 322 g/mol. The highest BCUT2D eigenvalue weighted by Crippen LogP contribution is 2.39. The zero-order valence-electron chi connectivity index (χ0n) is 12.2. The van der Waals surface area contributed by atoms with Gasteiger partial charge in [0.1, 0.15) is 17.2 Å². The average molecular weight is 322 g/mol. The van der Waals surface area contributed by atoms with Crippen LogP contribution in [-0.4, -0.2) is 10.9 Å². The fourth-order valence-corrected chi connectivity index (χ4v) is 2.99. The lowest BCUT2D eigenvalue weighted by atomic mass is 10.1. The second kappa shape index (κ2) is 6.22. The van der Waals surface area contributed by atoms with Gasteiger partial charge >= 0.3 is 0 Å². The Morgan fingerprint density at radius 3 is 2.70 bits per heavy atom. The number of rotatable bonds is 3. The highest BCUT2D eigenvalue weighted by atomic mass is 32.2. The molecule has 1 aliphatic rings. The Morgan fingerprint density at radius 2 is 1.87 bits per heavy atom. The van der Waals surface area contributed by atoms with Crippen molar-refractivity contribution in [2.75, 3.05) is 10.7 Å². The van der Waals surface area contributed by atoms with Crippen molar-refractivity contribution in [3.05, 3.63) is 66.9 Å². The molecular formula is C18H14N2O2S. The molecule has 0 aliphatic carbocycles. The molecule has 0 spiro atoms. The van der Waals surface area contributed by atoms with E-state index < -0.39 is 0 Å². The first-order valence-electron chi connectivity index (χ1n) is 7.23. The highest BCUT2D eigenvalue weighted by Gasteiger charge is 2.16. The molecular weight excluding hydrogens is 308 g/mol. The fourth-order valence-electron chi connectivity index (χ4n) is 2.39. The van der Waals surface area contributed by atoms with E-state index in [0.29, 0.717) is 11.7 Å². The Balaban J connectivity index is 1.61. The van der Waals surface area contributed by atoms with Crippen molar-refractivity contribution in [3.63, 3.8) is 0 Å². The van der Waals surface area contributed by atoms with Gasteiger partial charge in [-0.1, -0.05) is 30.3 Å². The van der Waals surface area contributed by atoms with Crippen molar-refractivity contribution in [3.8, 4) is 28.5 Å². The normalized spacial score (nSPS) is 12.7. The molecule has 5 heteroatoms. The highest BCUT2D eigenvalue weighted by molar-refractivity contribution is 8.00. The maximum Gasteiger partial charge on any atom is 0.153 e. The molecule has 2 aromatic carbocycles. The summed E-state index contributed by atoms with van der Waals surface area (Å²) in [7, 11) is 0. The molecule has 23 heavy (non-hydrogen) atoms. The van der Waals surface area contributed by atoms with Crippen molar-refractivity contribution < 1.29 is 9.47 Å². The molecule has 114 valence electrons. The van der Waals surface area contributed by atoms with Crippen molar-refractivity contribution in [2.24, 2.45) is 0 Å². The molecule has 1 aliphatic heterocycles. The first-order valence-corrected chi connectivity index (χ1v) is 8.22. The molecule has 1 aromatic heterocycles. The lowest BCUT2D eigenvalue weighted by Gasteiger charge is -2.20. The number of nitrogens with one attached hydrogen (secondary N) is 1. The summed E-state index contributed by atoms with van der Waals surface area (Å²) in [6.45, 7) is 0. The second-order valence-corrected chi connectivity index (χ2v) is 5.71. The zero-order valence-corrected chi connectivity index (χ0v) is 13.0. The number of hydrogen-bond acceptors (Lipinski definition) is 5. The first-order chi connectivity index (χ1) is 11.4. The van der Waals surface area contributed by atoms with Crippen LogP contribution in [0.4, 0.5) is 5.69 Å². The number of ether oxygens (including phenoxy) is 2. The molecule has 0 saturated carbocycles. The molecule has 0 unspecified atom stereocenters. The molecule has 1 N–H and O–H groups in total. The molecule has 0 fully saturated rings. The maximum atomic E-state index is 5.77. The van der Waals surface area contributed by atoms with E-state index in [4.69, 9.17) is 9.47 Å². The summed E-state index contributed by atoms with van der Waals surface area (Å²) in [4.78, 5) is 4.52. The Kier molecular flexibility index (Phi) is 3.78. The number of benzene rings is 2. The van der Waals surface area contributed by atoms with Crippen molar-refractivity contribution >= 4 is 17.6 Å². The third-order valence-corrected chi connectivity index (χ3v) is 4.05. The lowest BCUT2D eigenvalue weighted by molar-refractivity contribution is 0.392. The molecule has 4 rings (SSSR count). The first kappa shape index (κ1) is 14.0. The summed E-state index contributed by atoms with van der Waals surface area (Å²) in [5.74, 6) is 2.97. The minimum atomic E-state index is 0.605. The Labute approximate surface area is 138 Å². The van der Waals surface area contributed by atoms with Crippen LogP contribution >= 0.6 is 11.9 Å². The van der Waals surface area contributed by atoms with Crippen LogP contribution in [0, 0.1) is 0 Å². The third kappa shape index (κ3) is 2.96. The van der Waals surface area contributed by atoms with Gasteiger partial charge < -0.3 is 14.2 Å². The molecule has 0 amide bonds. The van der Waals surface area contributed by atoms with E-state index in [2.05, 4.69) is 9.71 Å². The van der Waals surface area contributed by atoms with Gasteiger partial charge in [-0.3, -0.25) is 4.98 Å². The molecule has 4 nitrogen and oxygen atoms in total. The summed E-state index contributed by atoms with van der Waals surface area (Å²) in [5.41, 5.74) is 2.86. The van der Waals surface area contributed by atoms with E-state index in [1.165, 1.54) is 11.9 Å². The number of fused-ring (bicyclic) bond motifs is 1. The molecule has 2 heterocycles. The van der Waals surface area contributed by atoms with E-state index >= 15 is 0 Å². The summed E-state index contributed by atoms with van der Waals surface area (Å²) >= 11 is 1.53. The quantitative estimate of drug-likeness (QED) is 0.691. The molecule has 0 atom stereocenters. The van der Waals surface area contributed by atoms with Crippen LogP contribution < -0.4 is 14.2 Å². The van der Waals surface area contributed by atoms with Gasteiger partial charge in [0.25, 0.3) is 0 Å². The number of nitrogens with zero attached hydrogens (tertiary/aromatic N) is 1. The van der Waals surface area contributed by atoms with Crippen LogP contribution in [0.1, 0.15) is 0 Å². The maximum absolute atomic E-state index is 5.77. The Bertz CT molecular complexity index is 807. The van der Waals surface area contributed by atoms with Gasteiger partial charge in [0.2, 0.25) is 0 Å². The van der Waals surface area contributed by atoms with E-state index in [1.54, 1.807) is 6.20 Å². The van der Waals surface area contributed by atoms with Gasteiger partial charge in [-0.05, 0) is 42.3 Å². The average Bonchev–Trinajstić information content (AvgIpc) is 2.63. The number of pyridine rings is 1. The van der Waals surface area contributed by atoms with E-state index in [9.17, 15) is 0 Å². The van der Waals surface area contributed by atoms with Crippen LogP contribution in [-0.2, 0) is 0 Å². The Hall–Kier alpha value is -2.66. The summed E-state index contributed by atoms with van der Waals surface area (Å²) in [5, 5.41) is 0. The predicted molar refractivity (Wildman–Crippen MR) is 92.9 cm³/mol. The number of hydrogen-bond donors (Lipinski definition) is 1. The van der Waals surface area contributed by atoms with Crippen LogP contribution in [0.3, 0.4) is 0 Å².